The maximum Gasteiger partial charge on any atom is 0.259 e. The zero-order valence-electron chi connectivity index (χ0n) is 16.1. The first-order chi connectivity index (χ1) is 13.8. The molecule has 0 saturated carbocycles. The molecule has 8 nitrogen and oxygen atoms in total. The number of aromatic nitrogens is 2. The second-order valence-corrected chi connectivity index (χ2v) is 11.2. The van der Waals surface area contributed by atoms with Crippen molar-refractivity contribution in [3.63, 3.8) is 0 Å². The smallest absolute Gasteiger partial charge is 0.259 e. The van der Waals surface area contributed by atoms with E-state index < -0.39 is 15.9 Å². The summed E-state index contributed by atoms with van der Waals surface area (Å²) in [6.45, 7) is 4.21. The van der Waals surface area contributed by atoms with Gasteiger partial charge in [-0.25, -0.2) is 8.42 Å². The van der Waals surface area contributed by atoms with Crippen LogP contribution in [0.15, 0.2) is 27.4 Å². The Hall–Kier alpha value is -1.24. The van der Waals surface area contributed by atoms with Crippen LogP contribution >= 0.6 is 34.7 Å². The van der Waals surface area contributed by atoms with E-state index in [0.29, 0.717) is 31.3 Å². The number of amides is 1. The van der Waals surface area contributed by atoms with Crippen LogP contribution < -0.4 is 5.32 Å². The van der Waals surface area contributed by atoms with Gasteiger partial charge in [-0.3, -0.25) is 10.1 Å². The van der Waals surface area contributed by atoms with E-state index in [1.807, 2.05) is 7.05 Å². The van der Waals surface area contributed by atoms with Gasteiger partial charge in [0.25, 0.3) is 5.91 Å². The van der Waals surface area contributed by atoms with Crippen molar-refractivity contribution in [1.82, 2.24) is 19.4 Å². The van der Waals surface area contributed by atoms with Crippen molar-refractivity contribution in [2.24, 2.45) is 0 Å². The van der Waals surface area contributed by atoms with Gasteiger partial charge in [0.15, 0.2) is 4.34 Å². The number of halogens is 1. The fourth-order valence-corrected chi connectivity index (χ4v) is 6.01. The summed E-state index contributed by atoms with van der Waals surface area (Å²) in [4.78, 5) is 14.8. The Kier molecular flexibility index (Phi) is 7.52. The van der Waals surface area contributed by atoms with E-state index in [0.717, 1.165) is 16.5 Å². The molecule has 1 aliphatic rings. The molecule has 29 heavy (non-hydrogen) atoms. The average Bonchev–Trinajstić information content (AvgIpc) is 3.14. The zero-order chi connectivity index (χ0) is 21.0. The Labute approximate surface area is 183 Å². The van der Waals surface area contributed by atoms with E-state index in [-0.39, 0.29) is 15.5 Å². The van der Waals surface area contributed by atoms with Crippen molar-refractivity contribution in [2.75, 3.05) is 44.3 Å². The lowest BCUT2D eigenvalue weighted by Gasteiger charge is -2.31. The number of hydrogen-bond donors (Lipinski definition) is 1. The van der Waals surface area contributed by atoms with E-state index in [4.69, 9.17) is 11.6 Å². The number of rotatable bonds is 7. The molecule has 3 rings (SSSR count). The van der Waals surface area contributed by atoms with Crippen molar-refractivity contribution >= 4 is 55.8 Å². The summed E-state index contributed by atoms with van der Waals surface area (Å²) in [5.74, 6) is 0.397. The summed E-state index contributed by atoms with van der Waals surface area (Å²) in [6.07, 6.45) is 1.01. The lowest BCUT2D eigenvalue weighted by Crippen LogP contribution is -2.47. The normalized spacial score (nSPS) is 16.1. The quantitative estimate of drug-likeness (QED) is 0.485. The zero-order valence-corrected chi connectivity index (χ0v) is 19.3. The maximum atomic E-state index is 13.0. The number of carbonyl (C=O) groups excluding carboxylic acids is 1. The molecule has 0 radical (unpaired) electrons. The number of likely N-dealkylation sites (N-methyl/N-ethyl adjacent to an activating group) is 1. The predicted octanol–water partition coefficient (Wildman–Crippen LogP) is 2.88. The number of nitrogens with zero attached hydrogens (tertiary/aromatic N) is 4. The lowest BCUT2D eigenvalue weighted by molar-refractivity contribution is 0.102. The SMILES string of the molecule is CCCSc1nnc(NC(=O)c2cc(S(=O)(=O)N3CCN(C)CC3)ccc2Cl)s1. The Bertz CT molecular complexity index is 974. The maximum absolute atomic E-state index is 13.0. The molecule has 2 aromatic rings. The molecule has 0 aliphatic carbocycles. The molecule has 0 atom stereocenters. The van der Waals surface area contributed by atoms with E-state index >= 15 is 0 Å². The minimum atomic E-state index is -3.70. The van der Waals surface area contributed by atoms with Crippen LogP contribution in [0.1, 0.15) is 23.7 Å². The summed E-state index contributed by atoms with van der Waals surface area (Å²) >= 11 is 9.01. The molecule has 1 aromatic carbocycles. The minimum Gasteiger partial charge on any atom is -0.304 e. The van der Waals surface area contributed by atoms with Gasteiger partial charge in [0.2, 0.25) is 15.2 Å². The van der Waals surface area contributed by atoms with Crippen molar-refractivity contribution in [3.8, 4) is 0 Å². The molecular formula is C17H22ClN5O3S3. The summed E-state index contributed by atoms with van der Waals surface area (Å²) in [5, 5.41) is 11.2. The highest BCUT2D eigenvalue weighted by Gasteiger charge is 2.28. The molecule has 12 heteroatoms. The van der Waals surface area contributed by atoms with Gasteiger partial charge in [0.05, 0.1) is 15.5 Å². The van der Waals surface area contributed by atoms with Gasteiger partial charge in [-0.05, 0) is 31.7 Å². The Morgan fingerprint density at radius 2 is 2.00 bits per heavy atom. The van der Waals surface area contributed by atoms with E-state index in [1.165, 1.54) is 33.8 Å². The van der Waals surface area contributed by atoms with E-state index in [1.54, 1.807) is 11.8 Å². The van der Waals surface area contributed by atoms with Gasteiger partial charge in [-0.15, -0.1) is 10.2 Å². The van der Waals surface area contributed by atoms with Crippen LogP contribution in [-0.2, 0) is 10.0 Å². The number of sulfonamides is 1. The molecule has 0 unspecified atom stereocenters. The molecule has 1 fully saturated rings. The molecule has 0 spiro atoms. The van der Waals surface area contributed by atoms with Crippen LogP contribution in [0, 0.1) is 0 Å². The Balaban J connectivity index is 1.77. The number of nitrogens with one attached hydrogen (secondary N) is 1. The second kappa shape index (κ2) is 9.71. The highest BCUT2D eigenvalue weighted by molar-refractivity contribution is 8.01. The van der Waals surface area contributed by atoms with Gasteiger partial charge in [-0.2, -0.15) is 4.31 Å². The molecule has 1 aromatic heterocycles. The fraction of sp³-hybridized carbons (Fsp3) is 0.471. The molecule has 1 amide bonds. The third-order valence-electron chi connectivity index (χ3n) is 4.34. The van der Waals surface area contributed by atoms with Crippen molar-refractivity contribution in [2.45, 2.75) is 22.6 Å². The van der Waals surface area contributed by atoms with Gasteiger partial charge in [0.1, 0.15) is 0 Å². The number of hydrogen-bond acceptors (Lipinski definition) is 8. The molecule has 1 aliphatic heterocycles. The van der Waals surface area contributed by atoms with E-state index in [2.05, 4.69) is 27.3 Å². The van der Waals surface area contributed by atoms with Crippen LogP contribution in [0.3, 0.4) is 0 Å². The monoisotopic (exact) mass is 475 g/mol. The first-order valence-corrected chi connectivity index (χ1v) is 12.7. The first kappa shape index (κ1) is 22.4. The van der Waals surface area contributed by atoms with Gasteiger partial charge >= 0.3 is 0 Å². The molecule has 1 N–H and O–H groups in total. The van der Waals surface area contributed by atoms with Crippen LogP contribution in [0.25, 0.3) is 0 Å². The molecule has 158 valence electrons. The standard InChI is InChI=1S/C17H22ClN5O3S3/c1-3-10-27-17-21-20-16(28-17)19-15(24)13-11-12(4-5-14(13)18)29(25,26)23-8-6-22(2)7-9-23/h4-5,11H,3,6-10H2,1-2H3,(H,19,20,24). The van der Waals surface area contributed by atoms with Crippen molar-refractivity contribution in [3.05, 3.63) is 28.8 Å². The predicted molar refractivity (Wildman–Crippen MR) is 117 cm³/mol. The summed E-state index contributed by atoms with van der Waals surface area (Å²) in [7, 11) is -1.75. The first-order valence-electron chi connectivity index (χ1n) is 9.07. The van der Waals surface area contributed by atoms with Crippen LogP contribution in [0.2, 0.25) is 5.02 Å². The molecule has 1 saturated heterocycles. The lowest BCUT2D eigenvalue weighted by atomic mass is 10.2. The third kappa shape index (κ3) is 5.47. The van der Waals surface area contributed by atoms with Gasteiger partial charge in [-0.1, -0.05) is 41.6 Å². The number of piperazine rings is 1. The highest BCUT2D eigenvalue weighted by atomic mass is 35.5. The largest absolute Gasteiger partial charge is 0.304 e. The fourth-order valence-electron chi connectivity index (χ4n) is 2.69. The van der Waals surface area contributed by atoms with Crippen LogP contribution in [0.5, 0.6) is 0 Å². The van der Waals surface area contributed by atoms with Gasteiger partial charge < -0.3 is 4.90 Å². The molecule has 0 bridgehead atoms. The van der Waals surface area contributed by atoms with Crippen LogP contribution in [-0.4, -0.2) is 72.7 Å². The number of thioether (sulfide) groups is 1. The Morgan fingerprint density at radius 3 is 2.69 bits per heavy atom. The summed E-state index contributed by atoms with van der Waals surface area (Å²) in [6, 6.07) is 4.18. The van der Waals surface area contributed by atoms with Crippen molar-refractivity contribution < 1.29 is 13.2 Å². The average molecular weight is 476 g/mol. The third-order valence-corrected chi connectivity index (χ3v) is 8.74. The topological polar surface area (TPSA) is 95.5 Å². The second-order valence-electron chi connectivity index (χ2n) is 6.52. The molecular weight excluding hydrogens is 454 g/mol. The van der Waals surface area contributed by atoms with Gasteiger partial charge in [0, 0.05) is 31.9 Å². The van der Waals surface area contributed by atoms with Crippen LogP contribution in [0.4, 0.5) is 5.13 Å². The number of benzene rings is 1. The number of anilines is 1. The van der Waals surface area contributed by atoms with Crippen molar-refractivity contribution in [1.29, 1.82) is 0 Å². The Morgan fingerprint density at radius 1 is 1.28 bits per heavy atom. The van der Waals surface area contributed by atoms with E-state index in [9.17, 15) is 13.2 Å². The number of carbonyl (C=O) groups is 1. The summed E-state index contributed by atoms with van der Waals surface area (Å²) in [5.41, 5.74) is 0.0832. The summed E-state index contributed by atoms with van der Waals surface area (Å²) < 4.78 is 28.1. The molecule has 2 heterocycles. The minimum absolute atomic E-state index is 0.0491. The highest BCUT2D eigenvalue weighted by Crippen LogP contribution is 2.28.